The molecule has 1 atom stereocenters. The molecule has 0 aromatic heterocycles. The Bertz CT molecular complexity index is 1560. The minimum Gasteiger partial charge on any atom is -0.238 e. The molecule has 5 rings (SSSR count). The number of nitrogens with one attached hydrogen (secondary N) is 2. The lowest BCUT2D eigenvalue weighted by Crippen LogP contribution is -2.02. The number of hydrogen-bond donors (Lipinski definition) is 2. The summed E-state index contributed by atoms with van der Waals surface area (Å²) in [5.74, 6) is 0.0328. The molecule has 4 aromatic carbocycles. The molecule has 0 bridgehead atoms. The van der Waals surface area contributed by atoms with Crippen LogP contribution in [0.5, 0.6) is 0 Å². The van der Waals surface area contributed by atoms with Crippen molar-refractivity contribution in [1.82, 2.24) is 0 Å². The van der Waals surface area contributed by atoms with E-state index in [1.54, 1.807) is 24.3 Å². The number of rotatable bonds is 4. The molecular weight excluding hydrogens is 566 g/mol. The van der Waals surface area contributed by atoms with E-state index < -0.39 is 0 Å². The summed E-state index contributed by atoms with van der Waals surface area (Å²) < 4.78 is 11.1. The second-order valence-corrected chi connectivity index (χ2v) is 9.32. The van der Waals surface area contributed by atoms with Gasteiger partial charge in [0, 0.05) is 5.56 Å². The minimum atomic E-state index is -0.387. The topological polar surface area (TPSA) is 108 Å². The van der Waals surface area contributed by atoms with Gasteiger partial charge in [-0.25, -0.2) is 30.1 Å². The van der Waals surface area contributed by atoms with Gasteiger partial charge in [0.05, 0.1) is 29.1 Å². The van der Waals surface area contributed by atoms with Crippen LogP contribution in [-0.4, -0.2) is 18.3 Å². The molecule has 7 nitrogen and oxygen atoms in total. The zero-order chi connectivity index (χ0) is 29.5. The average molecular weight is 586 g/mol. The second kappa shape index (κ2) is 16.3. The Morgan fingerprint density at radius 3 is 1.60 bits per heavy atom. The highest BCUT2D eigenvalue weighted by molar-refractivity contribution is 7.23. The Morgan fingerprint density at radius 1 is 0.725 bits per heavy atom. The predicted octanol–water partition coefficient (Wildman–Crippen LogP) is 9.39. The lowest BCUT2D eigenvalue weighted by Gasteiger charge is -2.25. The van der Waals surface area contributed by atoms with Gasteiger partial charge in [0.15, 0.2) is 17.5 Å². The molecule has 0 spiro atoms. The maximum atomic E-state index is 11.1. The number of nitrogens with zero attached hydrogens (tertiary/aromatic N) is 2. The highest BCUT2D eigenvalue weighted by atomic mass is 35.5. The molecule has 0 amide bonds. The van der Waals surface area contributed by atoms with Gasteiger partial charge in [-0.2, -0.15) is 0 Å². The van der Waals surface area contributed by atoms with Gasteiger partial charge in [-0.05, 0) is 33.9 Å². The van der Waals surface area contributed by atoms with Crippen LogP contribution in [0, 0.1) is 24.0 Å². The monoisotopic (exact) mass is 585 g/mol. The number of hydrogen-bond acceptors (Lipinski definition) is 5. The first-order valence-corrected chi connectivity index (χ1v) is 13.2. The quantitative estimate of drug-likeness (QED) is 0.0948. The first-order valence-electron chi connectivity index (χ1n) is 11.4. The van der Waals surface area contributed by atoms with Gasteiger partial charge in [-0.15, -0.1) is 0 Å². The van der Waals surface area contributed by atoms with Gasteiger partial charge in [0.2, 0.25) is 12.2 Å². The van der Waals surface area contributed by atoms with E-state index in [0.29, 0.717) is 27.6 Å². The van der Waals surface area contributed by atoms with Crippen molar-refractivity contribution in [2.75, 3.05) is 6.16 Å². The van der Waals surface area contributed by atoms with E-state index in [1.807, 2.05) is 48.5 Å². The van der Waals surface area contributed by atoms with Crippen molar-refractivity contribution in [1.29, 1.82) is 10.8 Å². The van der Waals surface area contributed by atoms with Crippen LogP contribution in [0.15, 0.2) is 84.9 Å². The van der Waals surface area contributed by atoms with Gasteiger partial charge in [0.1, 0.15) is 0 Å². The first-order chi connectivity index (χ1) is 19.4. The predicted molar refractivity (Wildman–Crippen MR) is 159 cm³/mol. The Labute approximate surface area is 242 Å². The van der Waals surface area contributed by atoms with Crippen molar-refractivity contribution in [3.63, 3.8) is 0 Å². The zero-order valence-corrected chi connectivity index (χ0v) is 23.3. The summed E-state index contributed by atoms with van der Waals surface area (Å²) in [6.45, 7) is 13.9. The number of halogens is 2. The molecule has 4 aromatic rings. The highest BCUT2D eigenvalue weighted by Gasteiger charge is 2.25. The van der Waals surface area contributed by atoms with E-state index in [2.05, 4.69) is 21.8 Å². The van der Waals surface area contributed by atoms with E-state index in [4.69, 9.17) is 56.8 Å². The van der Waals surface area contributed by atoms with Crippen molar-refractivity contribution in [2.45, 2.75) is 5.92 Å². The van der Waals surface area contributed by atoms with E-state index in [0.717, 1.165) is 28.9 Å². The van der Waals surface area contributed by atoms with Crippen LogP contribution < -0.4 is 0 Å². The van der Waals surface area contributed by atoms with Crippen LogP contribution in [0.3, 0.4) is 0 Å². The molecular formula is C30H20Cl2N4O3P+. The summed E-state index contributed by atoms with van der Waals surface area (Å²) in [6.07, 6.45) is 2.04. The van der Waals surface area contributed by atoms with Crippen molar-refractivity contribution in [3.05, 3.63) is 129 Å². The summed E-state index contributed by atoms with van der Waals surface area (Å²) >= 11 is 12.1. The summed E-state index contributed by atoms with van der Waals surface area (Å²) in [6, 6.07) is 26.8. The molecule has 0 radical (unpaired) electrons. The molecule has 40 heavy (non-hydrogen) atoms. The lowest BCUT2D eigenvalue weighted by molar-refractivity contribution is 0.562. The second-order valence-electron chi connectivity index (χ2n) is 7.84. The molecule has 0 saturated carbocycles. The zero-order valence-electron chi connectivity index (χ0n) is 20.7. The van der Waals surface area contributed by atoms with E-state index in [-0.39, 0.29) is 14.4 Å². The third kappa shape index (κ3) is 7.90. The van der Waals surface area contributed by atoms with Gasteiger partial charge in [0.25, 0.3) is 0 Å². The van der Waals surface area contributed by atoms with Crippen LogP contribution >= 0.6 is 31.7 Å². The fourth-order valence-corrected chi connectivity index (χ4v) is 5.05. The van der Waals surface area contributed by atoms with Gasteiger partial charge < -0.3 is 0 Å². The molecule has 196 valence electrons. The molecule has 0 fully saturated rings. The van der Waals surface area contributed by atoms with Crippen LogP contribution in [-0.2, 0) is 14.2 Å². The highest BCUT2D eigenvalue weighted by Crippen LogP contribution is 2.52. The van der Waals surface area contributed by atoms with Crippen molar-refractivity contribution in [2.24, 2.45) is 0 Å². The molecule has 2 N–H and O–H groups in total. The van der Waals surface area contributed by atoms with Crippen LogP contribution in [0.25, 0.3) is 31.9 Å². The van der Waals surface area contributed by atoms with Crippen molar-refractivity contribution >= 4 is 55.2 Å². The van der Waals surface area contributed by atoms with Crippen LogP contribution in [0.2, 0.25) is 10.0 Å². The SMILES string of the molecule is Clc1ccc2c(c1Cl)-c1ccccc1-2.N=C=O.N=C=O.[C-]#[N+]c1ccc(C(C[PH+]=O)c2ccc([N+]#[C-])cc2)cc1. The van der Waals surface area contributed by atoms with Gasteiger partial charge >= 0.3 is 8.46 Å². The molecule has 10 heteroatoms. The summed E-state index contributed by atoms with van der Waals surface area (Å²) in [5, 5.41) is 12.1. The summed E-state index contributed by atoms with van der Waals surface area (Å²) in [7, 11) is -0.387. The van der Waals surface area contributed by atoms with Crippen molar-refractivity contribution < 1.29 is 14.2 Å². The standard InChI is InChI=1S/C16H11N2OP.C12H6Cl2.2CHNO/c1-17-14-7-3-12(4-8-14)16(11-20-19)13-5-9-15(18-2)10-6-13;13-10-6-5-9-7-3-1-2-4-8(7)11(9)12(10)14;2*2-1-3/h3-10,16H,11H2;1-6H;2*2H/p+1. The third-order valence-corrected chi connectivity index (χ3v) is 7.10. The number of isocyanates is 2. The van der Waals surface area contributed by atoms with Gasteiger partial charge in [-0.3, -0.25) is 0 Å². The molecule has 0 aliphatic heterocycles. The molecule has 1 aliphatic rings. The molecule has 1 aliphatic carbocycles. The Balaban J connectivity index is 0.000000242. The fourth-order valence-electron chi connectivity index (χ4n) is 3.99. The van der Waals surface area contributed by atoms with E-state index in [9.17, 15) is 4.57 Å². The number of carbonyl (C=O) groups excluding carboxylic acids is 2. The van der Waals surface area contributed by atoms with Crippen LogP contribution in [0.4, 0.5) is 11.4 Å². The largest absolute Gasteiger partial charge is 0.325 e. The van der Waals surface area contributed by atoms with Crippen LogP contribution in [0.1, 0.15) is 17.0 Å². The molecule has 0 heterocycles. The lowest BCUT2D eigenvalue weighted by atomic mass is 9.81. The normalized spacial score (nSPS) is 9.53. The number of fused-ring (bicyclic) bond motifs is 4. The minimum absolute atomic E-state index is 0.0328. The third-order valence-electron chi connectivity index (χ3n) is 5.72. The summed E-state index contributed by atoms with van der Waals surface area (Å²) in [4.78, 5) is 23.4. The Kier molecular flexibility index (Phi) is 12.8. The molecule has 1 unspecified atom stereocenters. The fraction of sp³-hybridized carbons (Fsp3) is 0.0667. The van der Waals surface area contributed by atoms with Gasteiger partial charge in [-0.1, -0.05) is 107 Å². The van der Waals surface area contributed by atoms with Crippen molar-refractivity contribution in [3.8, 4) is 22.3 Å². The maximum absolute atomic E-state index is 11.1. The summed E-state index contributed by atoms with van der Waals surface area (Å²) in [5.41, 5.74) is 8.04. The smallest absolute Gasteiger partial charge is 0.238 e. The Morgan fingerprint density at radius 2 is 1.18 bits per heavy atom. The first kappa shape index (κ1) is 31.5. The number of benzene rings is 4. The van der Waals surface area contributed by atoms with E-state index in [1.165, 1.54) is 16.7 Å². The molecule has 0 saturated heterocycles. The maximum Gasteiger partial charge on any atom is 0.325 e. The average Bonchev–Trinajstić information content (AvgIpc) is 2.97. The Hall–Kier alpha value is -4.70. The van der Waals surface area contributed by atoms with E-state index >= 15 is 0 Å².